The van der Waals surface area contributed by atoms with E-state index in [-0.39, 0.29) is 17.4 Å². The molecule has 0 aliphatic carbocycles. The molecule has 1 aliphatic rings. The van der Waals surface area contributed by atoms with Crippen LogP contribution in [0, 0.1) is 0 Å². The van der Waals surface area contributed by atoms with Crippen LogP contribution in [0.15, 0.2) is 24.3 Å². The van der Waals surface area contributed by atoms with Gasteiger partial charge in [0.15, 0.2) is 0 Å². The van der Waals surface area contributed by atoms with Crippen LogP contribution in [0.1, 0.15) is 41.5 Å². The lowest BCUT2D eigenvalue weighted by atomic mass is 10.1. The van der Waals surface area contributed by atoms with Gasteiger partial charge in [-0.05, 0) is 32.9 Å². The van der Waals surface area contributed by atoms with Crippen LogP contribution in [0.4, 0.5) is 0 Å². The Morgan fingerprint density at radius 1 is 1.06 bits per heavy atom. The second kappa shape index (κ2) is 4.53. The number of fused-ring (bicyclic) bond motifs is 1. The molecule has 0 unspecified atom stereocenters. The number of nitrogens with zero attached hydrogens (tertiary/aromatic N) is 1. The minimum Gasteiger partial charge on any atom is -0.310 e. The molecule has 0 radical (unpaired) electrons. The van der Waals surface area contributed by atoms with E-state index in [9.17, 15) is 9.59 Å². The fourth-order valence-corrected chi connectivity index (χ4v) is 1.98. The molecule has 4 heteroatoms. The van der Waals surface area contributed by atoms with Gasteiger partial charge in [-0.2, -0.15) is 0 Å². The summed E-state index contributed by atoms with van der Waals surface area (Å²) in [6.45, 7) is 7.17. The second-order valence-corrected chi connectivity index (χ2v) is 5.48. The average molecular weight is 246 g/mol. The lowest BCUT2D eigenvalue weighted by Gasteiger charge is -2.22. The number of amides is 2. The summed E-state index contributed by atoms with van der Waals surface area (Å²) in [5.41, 5.74) is 1.01. The number of benzene rings is 1. The van der Waals surface area contributed by atoms with Gasteiger partial charge in [0.05, 0.1) is 11.1 Å². The van der Waals surface area contributed by atoms with Gasteiger partial charge in [0.25, 0.3) is 11.8 Å². The summed E-state index contributed by atoms with van der Waals surface area (Å²) in [6.07, 6.45) is 0. The first kappa shape index (κ1) is 12.8. The maximum atomic E-state index is 12.0. The zero-order valence-corrected chi connectivity index (χ0v) is 11.0. The normalized spacial score (nSPS) is 15.2. The third-order valence-electron chi connectivity index (χ3n) is 2.87. The molecule has 18 heavy (non-hydrogen) atoms. The van der Waals surface area contributed by atoms with E-state index in [1.54, 1.807) is 24.3 Å². The molecule has 4 nitrogen and oxygen atoms in total. The summed E-state index contributed by atoms with van der Waals surface area (Å²) >= 11 is 0. The number of rotatable bonds is 3. The molecule has 1 aromatic carbocycles. The first-order valence-electron chi connectivity index (χ1n) is 6.10. The van der Waals surface area contributed by atoms with Crippen LogP contribution < -0.4 is 5.32 Å². The highest BCUT2D eigenvalue weighted by Gasteiger charge is 2.34. The Kier molecular flexibility index (Phi) is 3.22. The van der Waals surface area contributed by atoms with Gasteiger partial charge < -0.3 is 5.32 Å². The monoisotopic (exact) mass is 246 g/mol. The number of nitrogens with one attached hydrogen (secondary N) is 1. The Bertz CT molecular complexity index is 454. The van der Waals surface area contributed by atoms with E-state index in [2.05, 4.69) is 26.1 Å². The van der Waals surface area contributed by atoms with E-state index in [1.807, 2.05) is 0 Å². The van der Waals surface area contributed by atoms with Gasteiger partial charge in [0.1, 0.15) is 0 Å². The smallest absolute Gasteiger partial charge is 0.261 e. The minimum atomic E-state index is -0.189. The molecule has 0 aromatic heterocycles. The highest BCUT2D eigenvalue weighted by Crippen LogP contribution is 2.21. The van der Waals surface area contributed by atoms with Gasteiger partial charge in [-0.1, -0.05) is 12.1 Å². The molecule has 1 N–H and O–H groups in total. The van der Waals surface area contributed by atoms with Gasteiger partial charge in [-0.15, -0.1) is 0 Å². The van der Waals surface area contributed by atoms with E-state index in [4.69, 9.17) is 0 Å². The molecular formula is C14H18N2O2. The Labute approximate surface area is 107 Å². The van der Waals surface area contributed by atoms with Gasteiger partial charge in [0.2, 0.25) is 0 Å². The predicted molar refractivity (Wildman–Crippen MR) is 69.6 cm³/mol. The quantitative estimate of drug-likeness (QED) is 0.825. The van der Waals surface area contributed by atoms with Crippen molar-refractivity contribution < 1.29 is 9.59 Å². The maximum Gasteiger partial charge on any atom is 0.261 e. The predicted octanol–water partition coefficient (Wildman–Crippen LogP) is 1.67. The van der Waals surface area contributed by atoms with Gasteiger partial charge in [-0.25, -0.2) is 0 Å². The summed E-state index contributed by atoms with van der Waals surface area (Å²) in [7, 11) is 0. The van der Waals surface area contributed by atoms with E-state index in [1.165, 1.54) is 4.90 Å². The maximum absolute atomic E-state index is 12.0. The number of carbonyl (C=O) groups is 2. The molecule has 0 bridgehead atoms. The highest BCUT2D eigenvalue weighted by atomic mass is 16.2. The zero-order valence-electron chi connectivity index (χ0n) is 11.0. The van der Waals surface area contributed by atoms with Crippen LogP contribution in [-0.4, -0.2) is 35.3 Å². The third kappa shape index (κ3) is 2.43. The highest BCUT2D eigenvalue weighted by molar-refractivity contribution is 6.21. The van der Waals surface area contributed by atoms with Gasteiger partial charge in [0, 0.05) is 18.6 Å². The summed E-state index contributed by atoms with van der Waals surface area (Å²) in [5, 5.41) is 3.27. The number of hydrogen-bond donors (Lipinski definition) is 1. The second-order valence-electron chi connectivity index (χ2n) is 5.48. The van der Waals surface area contributed by atoms with E-state index in [0.29, 0.717) is 24.2 Å². The molecule has 1 aromatic rings. The van der Waals surface area contributed by atoms with Crippen molar-refractivity contribution in [2.75, 3.05) is 13.1 Å². The van der Waals surface area contributed by atoms with Gasteiger partial charge in [-0.3, -0.25) is 14.5 Å². The lowest BCUT2D eigenvalue weighted by molar-refractivity contribution is 0.0652. The van der Waals surface area contributed by atoms with Crippen LogP contribution in [0.25, 0.3) is 0 Å². The fourth-order valence-electron chi connectivity index (χ4n) is 1.98. The van der Waals surface area contributed by atoms with Crippen molar-refractivity contribution in [1.82, 2.24) is 10.2 Å². The summed E-state index contributed by atoms with van der Waals surface area (Å²) in [4.78, 5) is 25.4. The molecule has 2 rings (SSSR count). The van der Waals surface area contributed by atoms with Crippen molar-refractivity contribution >= 4 is 11.8 Å². The molecule has 0 saturated heterocycles. The Morgan fingerprint density at radius 3 is 2.00 bits per heavy atom. The van der Waals surface area contributed by atoms with Crippen LogP contribution in [0.3, 0.4) is 0 Å². The third-order valence-corrected chi connectivity index (χ3v) is 2.87. The van der Waals surface area contributed by atoms with Crippen molar-refractivity contribution in [1.29, 1.82) is 0 Å². The zero-order chi connectivity index (χ0) is 13.3. The van der Waals surface area contributed by atoms with Crippen LogP contribution in [0.2, 0.25) is 0 Å². The van der Waals surface area contributed by atoms with Gasteiger partial charge >= 0.3 is 0 Å². The summed E-state index contributed by atoms with van der Waals surface area (Å²) in [6, 6.07) is 6.96. The van der Waals surface area contributed by atoms with Crippen LogP contribution >= 0.6 is 0 Å². The molecule has 0 fully saturated rings. The summed E-state index contributed by atoms with van der Waals surface area (Å²) in [5.74, 6) is -0.377. The van der Waals surface area contributed by atoms with Crippen molar-refractivity contribution in [3.8, 4) is 0 Å². The number of hydrogen-bond acceptors (Lipinski definition) is 3. The molecule has 1 aliphatic heterocycles. The van der Waals surface area contributed by atoms with Crippen molar-refractivity contribution in [3.05, 3.63) is 35.4 Å². The first-order valence-corrected chi connectivity index (χ1v) is 6.10. The van der Waals surface area contributed by atoms with E-state index in [0.717, 1.165) is 0 Å². The van der Waals surface area contributed by atoms with Crippen molar-refractivity contribution in [3.63, 3.8) is 0 Å². The molecule has 1 heterocycles. The largest absolute Gasteiger partial charge is 0.310 e. The molecule has 0 atom stereocenters. The SMILES string of the molecule is CC(C)(C)NCCN1C(=O)c2ccccc2C1=O. The Hall–Kier alpha value is -1.68. The fraction of sp³-hybridized carbons (Fsp3) is 0.429. The standard InChI is InChI=1S/C14H18N2O2/c1-14(2,3)15-8-9-16-12(17)10-6-4-5-7-11(10)13(16)18/h4-7,15H,8-9H2,1-3H3. The Morgan fingerprint density at radius 2 is 1.56 bits per heavy atom. The Balaban J connectivity index is 2.05. The van der Waals surface area contributed by atoms with Crippen molar-refractivity contribution in [2.45, 2.75) is 26.3 Å². The summed E-state index contributed by atoms with van der Waals surface area (Å²) < 4.78 is 0. The first-order chi connectivity index (χ1) is 8.40. The van der Waals surface area contributed by atoms with E-state index >= 15 is 0 Å². The molecule has 0 saturated carbocycles. The molecule has 96 valence electrons. The van der Waals surface area contributed by atoms with Crippen LogP contribution in [-0.2, 0) is 0 Å². The lowest BCUT2D eigenvalue weighted by Crippen LogP contribution is -2.43. The molecular weight excluding hydrogens is 228 g/mol. The molecule has 2 amide bonds. The van der Waals surface area contributed by atoms with Crippen molar-refractivity contribution in [2.24, 2.45) is 0 Å². The average Bonchev–Trinajstić information content (AvgIpc) is 2.53. The number of carbonyl (C=O) groups excluding carboxylic acids is 2. The number of imide groups is 1. The van der Waals surface area contributed by atoms with E-state index < -0.39 is 0 Å². The topological polar surface area (TPSA) is 49.4 Å². The van der Waals surface area contributed by atoms with Crippen LogP contribution in [0.5, 0.6) is 0 Å². The minimum absolute atomic E-state index is 0.0152. The molecule has 0 spiro atoms.